The van der Waals surface area contributed by atoms with Crippen LogP contribution in [0.3, 0.4) is 0 Å². The Bertz CT molecular complexity index is 926. The molecule has 2 aromatic rings. The van der Waals surface area contributed by atoms with Crippen molar-refractivity contribution in [3.63, 3.8) is 0 Å². The first-order valence-corrected chi connectivity index (χ1v) is 9.48. The predicted molar refractivity (Wildman–Crippen MR) is 99.7 cm³/mol. The Labute approximate surface area is 166 Å². The first-order chi connectivity index (χ1) is 13.8. The highest BCUT2D eigenvalue weighted by atomic mass is 19.4. The number of benzene rings is 1. The minimum atomic E-state index is -4.49. The molecule has 0 saturated carbocycles. The van der Waals surface area contributed by atoms with Gasteiger partial charge in [0.2, 0.25) is 0 Å². The molecule has 1 fully saturated rings. The second-order valence-electron chi connectivity index (χ2n) is 7.17. The highest BCUT2D eigenvalue weighted by Crippen LogP contribution is 2.31. The highest BCUT2D eigenvalue weighted by Gasteiger charge is 2.32. The topological polar surface area (TPSA) is 58.6 Å². The standard InChI is InChI=1S/C20H21F3N4O2/c1-13-24-17-5-6-27(12-16(17)18(25-13)26-7-9-29-10-8-26)19(28)14-3-2-4-15(11-14)20(21,22)23/h2-4,11H,5-10,12H2,1H3. The number of anilines is 1. The smallest absolute Gasteiger partial charge is 0.378 e. The number of hydrogen-bond acceptors (Lipinski definition) is 5. The third-order valence-corrected chi connectivity index (χ3v) is 5.18. The van der Waals surface area contributed by atoms with Crippen LogP contribution in [0.5, 0.6) is 0 Å². The Morgan fingerprint density at radius 3 is 2.62 bits per heavy atom. The molecule has 2 aliphatic rings. The Morgan fingerprint density at radius 2 is 1.90 bits per heavy atom. The molecule has 6 nitrogen and oxygen atoms in total. The van der Waals surface area contributed by atoms with E-state index in [0.29, 0.717) is 45.1 Å². The van der Waals surface area contributed by atoms with Crippen LogP contribution in [0.15, 0.2) is 24.3 Å². The zero-order valence-electron chi connectivity index (χ0n) is 16.0. The van der Waals surface area contributed by atoms with E-state index in [4.69, 9.17) is 4.74 Å². The Morgan fingerprint density at radius 1 is 1.14 bits per heavy atom. The van der Waals surface area contributed by atoms with E-state index in [-0.39, 0.29) is 12.1 Å². The Hall–Kier alpha value is -2.68. The molecule has 0 radical (unpaired) electrons. The predicted octanol–water partition coefficient (Wildman–Crippen LogP) is 2.84. The van der Waals surface area contributed by atoms with Gasteiger partial charge in [-0.3, -0.25) is 4.79 Å². The monoisotopic (exact) mass is 406 g/mol. The van der Waals surface area contributed by atoms with Gasteiger partial charge in [0.05, 0.1) is 31.0 Å². The van der Waals surface area contributed by atoms with Crippen molar-refractivity contribution in [3.8, 4) is 0 Å². The minimum absolute atomic E-state index is 0.0317. The van der Waals surface area contributed by atoms with E-state index in [2.05, 4.69) is 14.9 Å². The quantitative estimate of drug-likeness (QED) is 0.768. The second kappa shape index (κ2) is 7.62. The maximum Gasteiger partial charge on any atom is 0.416 e. The van der Waals surface area contributed by atoms with Crippen molar-refractivity contribution < 1.29 is 22.7 Å². The lowest BCUT2D eigenvalue weighted by Crippen LogP contribution is -2.41. The first kappa shape index (κ1) is 19.6. The molecular weight excluding hydrogens is 385 g/mol. The van der Waals surface area contributed by atoms with Crippen molar-refractivity contribution >= 4 is 11.7 Å². The molecule has 1 amide bonds. The number of alkyl halides is 3. The SMILES string of the molecule is Cc1nc2c(c(N3CCOCC3)n1)CN(C(=O)c1cccc(C(F)(F)F)c1)CC2. The van der Waals surface area contributed by atoms with Gasteiger partial charge in [-0.2, -0.15) is 13.2 Å². The molecule has 0 unspecified atom stereocenters. The van der Waals surface area contributed by atoms with E-state index >= 15 is 0 Å². The van der Waals surface area contributed by atoms with E-state index < -0.39 is 17.6 Å². The largest absolute Gasteiger partial charge is 0.416 e. The lowest BCUT2D eigenvalue weighted by molar-refractivity contribution is -0.137. The third kappa shape index (κ3) is 4.05. The van der Waals surface area contributed by atoms with Gasteiger partial charge in [-0.15, -0.1) is 0 Å². The molecule has 1 aromatic heterocycles. The molecule has 154 valence electrons. The molecule has 4 rings (SSSR count). The first-order valence-electron chi connectivity index (χ1n) is 9.48. The molecular formula is C20H21F3N4O2. The Balaban J connectivity index is 1.62. The summed E-state index contributed by atoms with van der Waals surface area (Å²) in [7, 11) is 0. The normalized spacial score (nSPS) is 17.2. The molecule has 0 bridgehead atoms. The number of rotatable bonds is 2. The molecule has 0 atom stereocenters. The average Bonchev–Trinajstić information content (AvgIpc) is 2.72. The third-order valence-electron chi connectivity index (χ3n) is 5.18. The van der Waals surface area contributed by atoms with Crippen LogP contribution in [-0.2, 0) is 23.9 Å². The fourth-order valence-corrected chi connectivity index (χ4v) is 3.74. The van der Waals surface area contributed by atoms with Crippen LogP contribution < -0.4 is 4.90 Å². The molecule has 9 heteroatoms. The van der Waals surface area contributed by atoms with Crippen molar-refractivity contribution in [2.45, 2.75) is 26.1 Å². The van der Waals surface area contributed by atoms with Gasteiger partial charge < -0.3 is 14.5 Å². The summed E-state index contributed by atoms with van der Waals surface area (Å²) >= 11 is 0. The molecule has 1 saturated heterocycles. The number of aryl methyl sites for hydroxylation is 1. The van der Waals surface area contributed by atoms with Gasteiger partial charge in [0.15, 0.2) is 0 Å². The number of hydrogen-bond donors (Lipinski definition) is 0. The van der Waals surface area contributed by atoms with E-state index in [1.165, 1.54) is 12.1 Å². The van der Waals surface area contributed by atoms with Crippen molar-refractivity contribution in [3.05, 3.63) is 52.5 Å². The number of nitrogens with zero attached hydrogens (tertiary/aromatic N) is 4. The number of ether oxygens (including phenoxy) is 1. The summed E-state index contributed by atoms with van der Waals surface area (Å²) in [5.41, 5.74) is 0.967. The van der Waals surface area contributed by atoms with Gasteiger partial charge in [-0.1, -0.05) is 6.07 Å². The van der Waals surface area contributed by atoms with Gasteiger partial charge in [-0.25, -0.2) is 9.97 Å². The van der Waals surface area contributed by atoms with Crippen molar-refractivity contribution in [1.82, 2.24) is 14.9 Å². The molecule has 29 heavy (non-hydrogen) atoms. The van der Waals surface area contributed by atoms with Gasteiger partial charge in [-0.05, 0) is 25.1 Å². The summed E-state index contributed by atoms with van der Waals surface area (Å²) in [6, 6.07) is 4.56. The van der Waals surface area contributed by atoms with Gasteiger partial charge >= 0.3 is 6.18 Å². The molecule has 0 spiro atoms. The van der Waals surface area contributed by atoms with E-state index in [1.807, 2.05) is 6.92 Å². The van der Waals surface area contributed by atoms with E-state index in [1.54, 1.807) is 4.90 Å². The zero-order valence-corrected chi connectivity index (χ0v) is 16.0. The fraction of sp³-hybridized carbons (Fsp3) is 0.450. The van der Waals surface area contributed by atoms with Crippen molar-refractivity contribution in [2.75, 3.05) is 37.7 Å². The maximum atomic E-state index is 13.0. The number of carbonyl (C=O) groups is 1. The summed E-state index contributed by atoms with van der Waals surface area (Å²) in [5.74, 6) is 1.04. The van der Waals surface area contributed by atoms with Crippen LogP contribution in [0.1, 0.15) is 33.0 Å². The Kier molecular flexibility index (Phi) is 5.16. The number of fused-ring (bicyclic) bond motifs is 1. The summed E-state index contributed by atoms with van der Waals surface area (Å²) in [6.45, 7) is 5.12. The minimum Gasteiger partial charge on any atom is -0.378 e. The second-order valence-corrected chi connectivity index (χ2v) is 7.17. The zero-order chi connectivity index (χ0) is 20.6. The van der Waals surface area contributed by atoms with Crippen LogP contribution in [0.4, 0.5) is 19.0 Å². The fourth-order valence-electron chi connectivity index (χ4n) is 3.74. The lowest BCUT2D eigenvalue weighted by atomic mass is 10.0. The summed E-state index contributed by atoms with van der Waals surface area (Å²) in [5, 5.41) is 0. The van der Waals surface area contributed by atoms with Crippen LogP contribution in [0, 0.1) is 6.92 Å². The maximum absolute atomic E-state index is 13.0. The van der Waals surface area contributed by atoms with Crippen LogP contribution in [-0.4, -0.2) is 53.6 Å². The summed E-state index contributed by atoms with van der Waals surface area (Å²) in [4.78, 5) is 25.7. The highest BCUT2D eigenvalue weighted by molar-refractivity contribution is 5.94. The molecule has 0 N–H and O–H groups in total. The number of halogens is 3. The van der Waals surface area contributed by atoms with Gasteiger partial charge in [0.25, 0.3) is 5.91 Å². The van der Waals surface area contributed by atoms with E-state index in [0.717, 1.165) is 29.2 Å². The van der Waals surface area contributed by atoms with Gasteiger partial charge in [0, 0.05) is 37.2 Å². The number of amides is 1. The number of morpholine rings is 1. The van der Waals surface area contributed by atoms with Crippen LogP contribution in [0.25, 0.3) is 0 Å². The lowest BCUT2D eigenvalue weighted by Gasteiger charge is -2.34. The average molecular weight is 406 g/mol. The molecule has 1 aromatic carbocycles. The number of carbonyl (C=O) groups excluding carboxylic acids is 1. The number of aromatic nitrogens is 2. The van der Waals surface area contributed by atoms with Gasteiger partial charge in [0.1, 0.15) is 11.6 Å². The van der Waals surface area contributed by atoms with Crippen LogP contribution in [0.2, 0.25) is 0 Å². The molecule has 0 aliphatic carbocycles. The van der Waals surface area contributed by atoms with Crippen LogP contribution >= 0.6 is 0 Å². The van der Waals surface area contributed by atoms with E-state index in [9.17, 15) is 18.0 Å². The van der Waals surface area contributed by atoms with Crippen molar-refractivity contribution in [1.29, 1.82) is 0 Å². The summed E-state index contributed by atoms with van der Waals surface area (Å²) in [6.07, 6.45) is -3.94. The molecule has 3 heterocycles. The summed E-state index contributed by atoms with van der Waals surface area (Å²) < 4.78 is 44.4. The molecule has 2 aliphatic heterocycles. The van der Waals surface area contributed by atoms with Crippen molar-refractivity contribution in [2.24, 2.45) is 0 Å².